The molecule has 0 radical (unpaired) electrons. The lowest BCUT2D eigenvalue weighted by Crippen LogP contribution is -2.50. The molecule has 16 heteroatoms. The first kappa shape index (κ1) is 33.4. The molecule has 3 rings (SSSR count). The van der Waals surface area contributed by atoms with Crippen molar-refractivity contribution in [1.82, 2.24) is 0 Å². The summed E-state index contributed by atoms with van der Waals surface area (Å²) in [5.74, 6) is -4.27. The summed E-state index contributed by atoms with van der Waals surface area (Å²) in [7, 11) is 0. The van der Waals surface area contributed by atoms with Gasteiger partial charge in [0.1, 0.15) is 17.6 Å². The van der Waals surface area contributed by atoms with E-state index in [2.05, 4.69) is 26.0 Å². The predicted octanol–water partition coefficient (Wildman–Crippen LogP) is 8.34. The minimum absolute atomic E-state index is 0.0302. The van der Waals surface area contributed by atoms with Crippen LogP contribution in [-0.4, -0.2) is 30.7 Å². The SMILES string of the molecule is Cc1ccc(C(=O)Nc2cc(C(=O)Cc3c(Br)cc(C(F)(C(F)(F)F)C(F)(F)F)cc3OC(F)F)ccc2C#N)c(F)c1. The lowest BCUT2D eigenvalue weighted by Gasteiger charge is -2.31. The number of nitriles is 1. The maximum absolute atomic E-state index is 14.6. The molecule has 0 aliphatic heterocycles. The highest BCUT2D eigenvalue weighted by molar-refractivity contribution is 9.10. The van der Waals surface area contributed by atoms with Gasteiger partial charge in [-0.1, -0.05) is 22.0 Å². The predicted molar refractivity (Wildman–Crippen MR) is 134 cm³/mol. The molecule has 0 aromatic heterocycles. The topological polar surface area (TPSA) is 79.2 Å². The van der Waals surface area contributed by atoms with E-state index in [1.165, 1.54) is 6.07 Å². The lowest BCUT2D eigenvalue weighted by atomic mass is 9.91. The van der Waals surface area contributed by atoms with Crippen molar-refractivity contribution >= 4 is 33.3 Å². The van der Waals surface area contributed by atoms with Crippen LogP contribution in [0.15, 0.2) is 53.0 Å². The molecule has 1 N–H and O–H groups in total. The molecule has 0 aliphatic carbocycles. The number of nitrogens with one attached hydrogen (secondary N) is 1. The Labute approximate surface area is 244 Å². The largest absolute Gasteiger partial charge is 0.435 e. The smallest absolute Gasteiger partial charge is 0.434 e. The van der Waals surface area contributed by atoms with Crippen LogP contribution in [0.3, 0.4) is 0 Å². The monoisotopic (exact) mass is 684 g/mol. The average molecular weight is 685 g/mol. The number of hydrogen-bond donors (Lipinski definition) is 1. The van der Waals surface area contributed by atoms with Crippen LogP contribution in [-0.2, 0) is 12.1 Å². The van der Waals surface area contributed by atoms with Gasteiger partial charge in [-0.3, -0.25) is 9.59 Å². The fourth-order valence-electron chi connectivity index (χ4n) is 3.85. The van der Waals surface area contributed by atoms with Crippen molar-refractivity contribution in [3.63, 3.8) is 0 Å². The molecule has 228 valence electrons. The Bertz CT molecular complexity index is 1600. The van der Waals surface area contributed by atoms with Crippen molar-refractivity contribution in [2.75, 3.05) is 5.32 Å². The van der Waals surface area contributed by atoms with E-state index in [0.29, 0.717) is 5.56 Å². The second kappa shape index (κ2) is 12.2. The van der Waals surface area contributed by atoms with Gasteiger partial charge < -0.3 is 10.1 Å². The molecule has 0 heterocycles. The van der Waals surface area contributed by atoms with Crippen LogP contribution in [0, 0.1) is 24.1 Å². The number of rotatable bonds is 8. The molecule has 5 nitrogen and oxygen atoms in total. The number of ether oxygens (including phenoxy) is 1. The van der Waals surface area contributed by atoms with Crippen molar-refractivity contribution in [2.24, 2.45) is 0 Å². The van der Waals surface area contributed by atoms with Crippen molar-refractivity contribution < 1.29 is 58.2 Å². The van der Waals surface area contributed by atoms with Crippen LogP contribution >= 0.6 is 15.9 Å². The molecule has 0 aliphatic rings. The Hall–Kier alpha value is -4.13. The molecule has 43 heavy (non-hydrogen) atoms. The van der Waals surface area contributed by atoms with Crippen molar-refractivity contribution in [3.8, 4) is 11.8 Å². The van der Waals surface area contributed by atoms with Gasteiger partial charge >= 0.3 is 24.6 Å². The highest BCUT2D eigenvalue weighted by Crippen LogP contribution is 2.54. The standard InChI is InChI=1S/C27H15BrF10N2O3/c1-12-2-5-16(19(29)6-12)23(42)40-20-7-13(3-4-14(20)11-39)21(41)10-17-18(28)8-15(9-22(17)43-24(30)31)25(32,26(33,34)35)27(36,37)38/h2-9,24H,10H2,1H3,(H,40,42). The summed E-state index contributed by atoms with van der Waals surface area (Å²) in [6.45, 7) is -2.24. The molecule has 0 bridgehead atoms. The highest BCUT2D eigenvalue weighted by Gasteiger charge is 2.73. The van der Waals surface area contributed by atoms with E-state index in [1.54, 1.807) is 13.0 Å². The van der Waals surface area contributed by atoms with E-state index in [0.717, 1.165) is 30.3 Å². The van der Waals surface area contributed by atoms with E-state index in [4.69, 9.17) is 0 Å². The number of carbonyl (C=O) groups is 2. The number of aryl methyl sites for hydroxylation is 1. The molecule has 3 aromatic carbocycles. The van der Waals surface area contributed by atoms with Gasteiger partial charge in [0.2, 0.25) is 0 Å². The quantitative estimate of drug-likeness (QED) is 0.191. The van der Waals surface area contributed by atoms with Gasteiger partial charge in [0.25, 0.3) is 5.91 Å². The van der Waals surface area contributed by atoms with E-state index in [1.807, 2.05) is 0 Å². The Morgan fingerprint density at radius 3 is 2.14 bits per heavy atom. The van der Waals surface area contributed by atoms with Gasteiger partial charge in [0.05, 0.1) is 16.8 Å². The van der Waals surface area contributed by atoms with Crippen LogP contribution in [0.25, 0.3) is 0 Å². The minimum atomic E-state index is -6.56. The Morgan fingerprint density at radius 1 is 0.977 bits per heavy atom. The number of anilines is 1. The number of alkyl halides is 9. The summed E-state index contributed by atoms with van der Waals surface area (Å²) >= 11 is 2.61. The van der Waals surface area contributed by atoms with Crippen LogP contribution in [0.5, 0.6) is 5.75 Å². The third-order valence-electron chi connectivity index (χ3n) is 5.97. The van der Waals surface area contributed by atoms with E-state index < -0.39 is 75.5 Å². The summed E-state index contributed by atoms with van der Waals surface area (Å²) < 4.78 is 138. The first-order valence-electron chi connectivity index (χ1n) is 11.5. The Kier molecular flexibility index (Phi) is 9.49. The summed E-state index contributed by atoms with van der Waals surface area (Å²) in [6.07, 6.45) is -14.1. The molecular weight excluding hydrogens is 670 g/mol. The highest BCUT2D eigenvalue weighted by atomic mass is 79.9. The third kappa shape index (κ3) is 6.93. The molecular formula is C27H15BrF10N2O3. The number of amides is 1. The first-order chi connectivity index (χ1) is 19.8. The minimum Gasteiger partial charge on any atom is -0.434 e. The first-order valence-corrected chi connectivity index (χ1v) is 12.3. The molecule has 0 atom stereocenters. The average Bonchev–Trinajstić information content (AvgIpc) is 2.88. The molecule has 0 spiro atoms. The van der Waals surface area contributed by atoms with Gasteiger partial charge in [-0.15, -0.1) is 0 Å². The number of hydrogen-bond acceptors (Lipinski definition) is 4. The molecule has 1 amide bonds. The molecule has 0 saturated heterocycles. The van der Waals surface area contributed by atoms with Gasteiger partial charge in [-0.25, -0.2) is 8.78 Å². The maximum Gasteiger partial charge on any atom is 0.435 e. The second-order valence-corrected chi connectivity index (χ2v) is 9.73. The number of halogens is 11. The molecule has 0 saturated carbocycles. The number of benzene rings is 3. The summed E-state index contributed by atoms with van der Waals surface area (Å²) in [6, 6.07) is 8.26. The zero-order valence-electron chi connectivity index (χ0n) is 21.2. The van der Waals surface area contributed by atoms with Crippen LogP contribution in [0.1, 0.15) is 43.0 Å². The summed E-state index contributed by atoms with van der Waals surface area (Å²) in [4.78, 5) is 25.7. The Balaban J connectivity index is 2.03. The molecule has 0 fully saturated rings. The normalized spacial score (nSPS) is 12.2. The molecule has 0 unspecified atom stereocenters. The number of carbonyl (C=O) groups excluding carboxylic acids is 2. The van der Waals surface area contributed by atoms with Crippen molar-refractivity contribution in [2.45, 2.75) is 38.0 Å². The maximum atomic E-state index is 14.6. The van der Waals surface area contributed by atoms with Crippen LogP contribution in [0.2, 0.25) is 0 Å². The van der Waals surface area contributed by atoms with E-state index >= 15 is 0 Å². The van der Waals surface area contributed by atoms with Gasteiger partial charge in [-0.05, 0) is 55.0 Å². The van der Waals surface area contributed by atoms with E-state index in [-0.39, 0.29) is 28.9 Å². The van der Waals surface area contributed by atoms with Gasteiger partial charge in [0, 0.05) is 27.6 Å². The van der Waals surface area contributed by atoms with Crippen molar-refractivity contribution in [1.29, 1.82) is 5.26 Å². The fourth-order valence-corrected chi connectivity index (χ4v) is 4.43. The number of ketones is 1. The second-order valence-electron chi connectivity index (χ2n) is 8.88. The van der Waals surface area contributed by atoms with E-state index in [9.17, 15) is 58.8 Å². The zero-order valence-corrected chi connectivity index (χ0v) is 22.8. The lowest BCUT2D eigenvalue weighted by molar-refractivity contribution is -0.348. The van der Waals surface area contributed by atoms with Gasteiger partial charge in [0.15, 0.2) is 5.78 Å². The number of Topliss-reactive ketones (excluding diaryl/α,β-unsaturated/α-hetero) is 1. The van der Waals surface area contributed by atoms with Crippen molar-refractivity contribution in [3.05, 3.63) is 92.2 Å². The van der Waals surface area contributed by atoms with Crippen LogP contribution in [0.4, 0.5) is 49.6 Å². The number of nitrogens with zero attached hydrogens (tertiary/aromatic N) is 1. The zero-order chi connectivity index (χ0) is 32.5. The summed E-state index contributed by atoms with van der Waals surface area (Å²) in [5.41, 5.74) is -9.49. The third-order valence-corrected chi connectivity index (χ3v) is 6.67. The molecule has 3 aromatic rings. The van der Waals surface area contributed by atoms with Gasteiger partial charge in [-0.2, -0.15) is 40.4 Å². The summed E-state index contributed by atoms with van der Waals surface area (Å²) in [5, 5.41) is 11.6. The fraction of sp³-hybridized carbons (Fsp3) is 0.222. The van der Waals surface area contributed by atoms with Crippen LogP contribution < -0.4 is 10.1 Å². The Morgan fingerprint density at radius 2 is 1.60 bits per heavy atom.